The SMILES string of the molecule is c1cncc(-c2[nH]ncc2CNCC2CCSCC2)c1. The van der Waals surface area contributed by atoms with Crippen molar-refractivity contribution >= 4 is 11.8 Å². The second-order valence-corrected chi connectivity index (χ2v) is 6.42. The van der Waals surface area contributed by atoms with E-state index < -0.39 is 0 Å². The van der Waals surface area contributed by atoms with E-state index in [1.54, 1.807) is 6.20 Å². The Morgan fingerprint density at radius 1 is 1.30 bits per heavy atom. The molecule has 3 heterocycles. The van der Waals surface area contributed by atoms with E-state index in [1.165, 1.54) is 29.9 Å². The molecule has 0 atom stereocenters. The standard InChI is InChI=1S/C15H20N4S/c1-2-13(9-16-5-1)15-14(11-18-19-15)10-17-8-12-3-6-20-7-4-12/h1-2,5,9,11-12,17H,3-4,6-8,10H2,(H,18,19). The highest BCUT2D eigenvalue weighted by atomic mass is 32.2. The van der Waals surface area contributed by atoms with Gasteiger partial charge in [-0.1, -0.05) is 0 Å². The Labute approximate surface area is 123 Å². The maximum Gasteiger partial charge on any atom is 0.0710 e. The van der Waals surface area contributed by atoms with Crippen molar-refractivity contribution in [2.75, 3.05) is 18.1 Å². The molecule has 20 heavy (non-hydrogen) atoms. The van der Waals surface area contributed by atoms with E-state index in [1.807, 2.05) is 18.5 Å². The summed E-state index contributed by atoms with van der Waals surface area (Å²) in [5.41, 5.74) is 3.38. The molecule has 106 valence electrons. The van der Waals surface area contributed by atoms with Gasteiger partial charge in [-0.3, -0.25) is 10.1 Å². The molecule has 0 aliphatic carbocycles. The number of thioether (sulfide) groups is 1. The van der Waals surface area contributed by atoms with Crippen LogP contribution in [0.15, 0.2) is 30.7 Å². The number of nitrogens with zero attached hydrogens (tertiary/aromatic N) is 2. The van der Waals surface area contributed by atoms with Crippen molar-refractivity contribution < 1.29 is 0 Å². The van der Waals surface area contributed by atoms with Gasteiger partial charge in [-0.15, -0.1) is 0 Å². The minimum Gasteiger partial charge on any atom is -0.312 e. The van der Waals surface area contributed by atoms with Crippen molar-refractivity contribution in [3.05, 3.63) is 36.3 Å². The number of hydrogen-bond donors (Lipinski definition) is 2. The largest absolute Gasteiger partial charge is 0.312 e. The quantitative estimate of drug-likeness (QED) is 0.888. The van der Waals surface area contributed by atoms with Crippen molar-refractivity contribution in [2.24, 2.45) is 5.92 Å². The van der Waals surface area contributed by atoms with E-state index in [9.17, 15) is 0 Å². The smallest absolute Gasteiger partial charge is 0.0710 e. The van der Waals surface area contributed by atoms with E-state index >= 15 is 0 Å². The summed E-state index contributed by atoms with van der Waals surface area (Å²) >= 11 is 2.08. The van der Waals surface area contributed by atoms with E-state index in [2.05, 4.69) is 38.3 Å². The average Bonchev–Trinajstić information content (AvgIpc) is 2.98. The summed E-state index contributed by atoms with van der Waals surface area (Å²) in [6.07, 6.45) is 8.26. The molecule has 2 aromatic heterocycles. The fraction of sp³-hybridized carbons (Fsp3) is 0.467. The summed E-state index contributed by atoms with van der Waals surface area (Å²) in [4.78, 5) is 4.16. The molecule has 3 rings (SSSR count). The molecule has 5 heteroatoms. The van der Waals surface area contributed by atoms with Crippen LogP contribution in [0.2, 0.25) is 0 Å². The van der Waals surface area contributed by atoms with E-state index in [0.29, 0.717) is 0 Å². The number of hydrogen-bond acceptors (Lipinski definition) is 4. The number of aromatic nitrogens is 3. The lowest BCUT2D eigenvalue weighted by Crippen LogP contribution is -2.25. The molecule has 1 saturated heterocycles. The Morgan fingerprint density at radius 2 is 2.20 bits per heavy atom. The molecule has 1 fully saturated rings. The zero-order chi connectivity index (χ0) is 13.6. The van der Waals surface area contributed by atoms with Crippen LogP contribution < -0.4 is 5.32 Å². The Hall–Kier alpha value is -1.33. The molecule has 4 nitrogen and oxygen atoms in total. The van der Waals surface area contributed by atoms with Gasteiger partial charge in [0.2, 0.25) is 0 Å². The van der Waals surface area contributed by atoms with Gasteiger partial charge in [0.1, 0.15) is 0 Å². The lowest BCUT2D eigenvalue weighted by atomic mass is 10.0. The van der Waals surface area contributed by atoms with Crippen molar-refractivity contribution in [2.45, 2.75) is 19.4 Å². The van der Waals surface area contributed by atoms with Crippen molar-refractivity contribution in [3.8, 4) is 11.3 Å². The van der Waals surface area contributed by atoms with Gasteiger partial charge in [0.25, 0.3) is 0 Å². The van der Waals surface area contributed by atoms with Crippen LogP contribution in [-0.2, 0) is 6.54 Å². The van der Waals surface area contributed by atoms with Crippen LogP contribution in [0.5, 0.6) is 0 Å². The molecule has 0 spiro atoms. The van der Waals surface area contributed by atoms with Crippen LogP contribution in [0.4, 0.5) is 0 Å². The number of pyridine rings is 1. The van der Waals surface area contributed by atoms with Crippen LogP contribution in [0.25, 0.3) is 11.3 Å². The first-order chi connectivity index (χ1) is 9.93. The second kappa shape index (κ2) is 6.90. The summed E-state index contributed by atoms with van der Waals surface area (Å²) in [5.74, 6) is 3.47. The third-order valence-corrected chi connectivity index (χ3v) is 4.81. The van der Waals surface area contributed by atoms with Crippen LogP contribution in [0, 0.1) is 5.92 Å². The lowest BCUT2D eigenvalue weighted by molar-refractivity contribution is 0.448. The van der Waals surface area contributed by atoms with Gasteiger partial charge in [0.15, 0.2) is 0 Å². The Bertz CT molecular complexity index is 520. The maximum atomic E-state index is 4.17. The predicted octanol–water partition coefficient (Wildman–Crippen LogP) is 2.70. The molecular weight excluding hydrogens is 268 g/mol. The first-order valence-corrected chi connectivity index (χ1v) is 8.30. The van der Waals surface area contributed by atoms with Gasteiger partial charge in [-0.05, 0) is 48.9 Å². The first kappa shape index (κ1) is 13.6. The van der Waals surface area contributed by atoms with Gasteiger partial charge in [0.05, 0.1) is 11.9 Å². The predicted molar refractivity (Wildman–Crippen MR) is 83.6 cm³/mol. The normalized spacial score (nSPS) is 16.4. The highest BCUT2D eigenvalue weighted by molar-refractivity contribution is 7.99. The van der Waals surface area contributed by atoms with E-state index in [-0.39, 0.29) is 0 Å². The minimum absolute atomic E-state index is 0.838. The van der Waals surface area contributed by atoms with Gasteiger partial charge >= 0.3 is 0 Å². The molecule has 1 aliphatic heterocycles. The number of rotatable bonds is 5. The highest BCUT2D eigenvalue weighted by Gasteiger charge is 2.13. The minimum atomic E-state index is 0.838. The van der Waals surface area contributed by atoms with Gasteiger partial charge in [-0.25, -0.2) is 0 Å². The van der Waals surface area contributed by atoms with Crippen molar-refractivity contribution in [3.63, 3.8) is 0 Å². The molecule has 2 aromatic rings. The average molecular weight is 288 g/mol. The van der Waals surface area contributed by atoms with Gasteiger partial charge in [-0.2, -0.15) is 16.9 Å². The third kappa shape index (κ3) is 3.41. The zero-order valence-corrected chi connectivity index (χ0v) is 12.3. The monoisotopic (exact) mass is 288 g/mol. The van der Waals surface area contributed by atoms with Crippen molar-refractivity contribution in [1.29, 1.82) is 0 Å². The molecule has 0 unspecified atom stereocenters. The molecule has 0 radical (unpaired) electrons. The lowest BCUT2D eigenvalue weighted by Gasteiger charge is -2.21. The molecule has 0 amide bonds. The molecular formula is C15H20N4S. The third-order valence-electron chi connectivity index (χ3n) is 3.76. The number of H-pyrrole nitrogens is 1. The van der Waals surface area contributed by atoms with Crippen molar-refractivity contribution in [1.82, 2.24) is 20.5 Å². The summed E-state index contributed by atoms with van der Waals surface area (Å²) in [5, 5.41) is 10.8. The summed E-state index contributed by atoms with van der Waals surface area (Å²) in [6, 6.07) is 4.01. The Kier molecular flexibility index (Phi) is 4.71. The molecule has 1 aliphatic rings. The highest BCUT2D eigenvalue weighted by Crippen LogP contribution is 2.23. The number of aromatic amines is 1. The fourth-order valence-electron chi connectivity index (χ4n) is 2.57. The summed E-state index contributed by atoms with van der Waals surface area (Å²) in [7, 11) is 0. The summed E-state index contributed by atoms with van der Waals surface area (Å²) < 4.78 is 0. The van der Waals surface area contributed by atoms with Gasteiger partial charge < -0.3 is 5.32 Å². The van der Waals surface area contributed by atoms with Crippen LogP contribution in [0.1, 0.15) is 18.4 Å². The second-order valence-electron chi connectivity index (χ2n) is 5.20. The van der Waals surface area contributed by atoms with E-state index in [4.69, 9.17) is 0 Å². The zero-order valence-electron chi connectivity index (χ0n) is 11.5. The summed E-state index contributed by atoms with van der Waals surface area (Å²) in [6.45, 7) is 1.97. The molecule has 0 aromatic carbocycles. The maximum absolute atomic E-state index is 4.17. The fourth-order valence-corrected chi connectivity index (χ4v) is 3.77. The molecule has 2 N–H and O–H groups in total. The van der Waals surface area contributed by atoms with Crippen LogP contribution >= 0.6 is 11.8 Å². The van der Waals surface area contributed by atoms with E-state index in [0.717, 1.165) is 30.3 Å². The first-order valence-electron chi connectivity index (χ1n) is 7.14. The Morgan fingerprint density at radius 3 is 3.00 bits per heavy atom. The topological polar surface area (TPSA) is 53.6 Å². The van der Waals surface area contributed by atoms with Crippen LogP contribution in [0.3, 0.4) is 0 Å². The molecule has 0 bridgehead atoms. The van der Waals surface area contributed by atoms with Crippen LogP contribution in [-0.4, -0.2) is 33.2 Å². The number of nitrogens with one attached hydrogen (secondary N) is 2. The van der Waals surface area contributed by atoms with Gasteiger partial charge in [0, 0.05) is 30.1 Å². The Balaban J connectivity index is 1.57. The molecule has 0 saturated carbocycles.